The largest absolute Gasteiger partial charge is 0.387 e. The Morgan fingerprint density at radius 1 is 1.00 bits per heavy atom. The van der Waals surface area contributed by atoms with Crippen LogP contribution < -0.4 is 0 Å². The molecule has 0 spiro atoms. The fraction of sp³-hybridized carbons (Fsp3) is 0.190. The molecule has 144 valence electrons. The van der Waals surface area contributed by atoms with Crippen LogP contribution in [0.25, 0.3) is 0 Å². The summed E-state index contributed by atoms with van der Waals surface area (Å²) in [5.41, 5.74) is 2.10. The Balaban J connectivity index is 1.78. The van der Waals surface area contributed by atoms with Crippen LogP contribution >= 0.6 is 11.6 Å². The van der Waals surface area contributed by atoms with E-state index in [1.807, 2.05) is 18.2 Å². The second kappa shape index (κ2) is 7.64. The molecule has 0 amide bonds. The van der Waals surface area contributed by atoms with Crippen molar-refractivity contribution in [3.05, 3.63) is 94.8 Å². The van der Waals surface area contributed by atoms with Gasteiger partial charge in [-0.1, -0.05) is 48.0 Å². The number of aromatic nitrogens is 1. The van der Waals surface area contributed by atoms with E-state index in [9.17, 15) is 13.5 Å². The monoisotopic (exact) mass is 414 g/mol. The molecule has 7 heteroatoms. The van der Waals surface area contributed by atoms with Crippen molar-refractivity contribution in [2.24, 2.45) is 0 Å². The van der Waals surface area contributed by atoms with Crippen LogP contribution in [0.4, 0.5) is 0 Å². The van der Waals surface area contributed by atoms with Crippen LogP contribution in [0.15, 0.2) is 78.0 Å². The Bertz CT molecular complexity index is 1070. The van der Waals surface area contributed by atoms with Crippen LogP contribution in [-0.2, 0) is 23.0 Å². The first-order chi connectivity index (χ1) is 13.5. The first-order valence-electron chi connectivity index (χ1n) is 8.89. The van der Waals surface area contributed by atoms with Crippen LogP contribution in [0.5, 0.6) is 0 Å². The topological polar surface area (TPSA) is 70.5 Å². The number of hydrogen-bond acceptors (Lipinski definition) is 4. The molecule has 4 rings (SSSR count). The molecule has 2 heterocycles. The summed E-state index contributed by atoms with van der Waals surface area (Å²) in [6.07, 6.45) is 2.71. The molecule has 0 fully saturated rings. The van der Waals surface area contributed by atoms with Gasteiger partial charge in [0.25, 0.3) is 0 Å². The fourth-order valence-corrected chi connectivity index (χ4v) is 5.56. The molecule has 2 atom stereocenters. The zero-order valence-electron chi connectivity index (χ0n) is 14.9. The molecule has 0 saturated carbocycles. The second-order valence-corrected chi connectivity index (χ2v) is 9.09. The van der Waals surface area contributed by atoms with Gasteiger partial charge in [0.2, 0.25) is 10.0 Å². The van der Waals surface area contributed by atoms with Crippen molar-refractivity contribution in [1.82, 2.24) is 9.29 Å². The highest BCUT2D eigenvalue weighted by Crippen LogP contribution is 2.38. The first-order valence-corrected chi connectivity index (χ1v) is 10.7. The van der Waals surface area contributed by atoms with Crippen LogP contribution in [-0.4, -0.2) is 28.9 Å². The maximum Gasteiger partial charge on any atom is 0.244 e. The molecule has 28 heavy (non-hydrogen) atoms. The summed E-state index contributed by atoms with van der Waals surface area (Å²) in [7, 11) is -3.77. The molecular weight excluding hydrogens is 396 g/mol. The molecule has 0 unspecified atom stereocenters. The Kier molecular flexibility index (Phi) is 5.21. The molecule has 2 aromatic carbocycles. The van der Waals surface area contributed by atoms with Crippen molar-refractivity contribution >= 4 is 21.6 Å². The Morgan fingerprint density at radius 2 is 1.75 bits per heavy atom. The minimum absolute atomic E-state index is 0.139. The Labute approximate surface area is 169 Å². The van der Waals surface area contributed by atoms with E-state index in [1.165, 1.54) is 4.31 Å². The number of benzene rings is 2. The highest BCUT2D eigenvalue weighted by atomic mass is 35.5. The number of hydrogen-bond donors (Lipinski definition) is 1. The molecule has 1 aromatic heterocycles. The summed E-state index contributed by atoms with van der Waals surface area (Å²) in [5, 5.41) is 11.7. The van der Waals surface area contributed by atoms with E-state index < -0.39 is 22.2 Å². The van der Waals surface area contributed by atoms with E-state index in [1.54, 1.807) is 54.9 Å². The van der Waals surface area contributed by atoms with Crippen molar-refractivity contribution in [3.8, 4) is 0 Å². The van der Waals surface area contributed by atoms with E-state index >= 15 is 0 Å². The fourth-order valence-electron chi connectivity index (χ4n) is 3.58. The average Bonchev–Trinajstić information content (AvgIpc) is 2.71. The van der Waals surface area contributed by atoms with E-state index in [-0.39, 0.29) is 11.4 Å². The van der Waals surface area contributed by atoms with Gasteiger partial charge in [-0.15, -0.1) is 0 Å². The summed E-state index contributed by atoms with van der Waals surface area (Å²) in [6.45, 7) is 0.139. The zero-order valence-corrected chi connectivity index (χ0v) is 16.5. The summed E-state index contributed by atoms with van der Waals surface area (Å²) in [6, 6.07) is 16.8. The lowest BCUT2D eigenvalue weighted by atomic mass is 9.95. The summed E-state index contributed by atoms with van der Waals surface area (Å²) < 4.78 is 28.1. The summed E-state index contributed by atoms with van der Waals surface area (Å²) in [5.74, 6) is 0. The zero-order chi connectivity index (χ0) is 19.7. The molecule has 0 saturated heterocycles. The number of halogens is 1. The minimum Gasteiger partial charge on any atom is -0.387 e. The number of fused-ring (bicyclic) bond motifs is 1. The van der Waals surface area contributed by atoms with Gasteiger partial charge in [-0.2, -0.15) is 4.31 Å². The first kappa shape index (κ1) is 19.1. The highest BCUT2D eigenvalue weighted by Gasteiger charge is 2.43. The summed E-state index contributed by atoms with van der Waals surface area (Å²) in [4.78, 5) is 4.23. The van der Waals surface area contributed by atoms with Gasteiger partial charge in [0.15, 0.2) is 0 Å². The van der Waals surface area contributed by atoms with Crippen LogP contribution in [0.3, 0.4) is 0 Å². The van der Waals surface area contributed by atoms with Gasteiger partial charge in [0, 0.05) is 29.5 Å². The van der Waals surface area contributed by atoms with Gasteiger partial charge < -0.3 is 5.11 Å². The lowest BCUT2D eigenvalue weighted by molar-refractivity contribution is 0.0769. The number of nitrogens with zero attached hydrogens (tertiary/aromatic N) is 2. The predicted octanol–water partition coefficient (Wildman–Crippen LogP) is 3.58. The molecule has 5 nitrogen and oxygen atoms in total. The molecule has 1 aliphatic heterocycles. The highest BCUT2D eigenvalue weighted by molar-refractivity contribution is 7.89. The van der Waals surface area contributed by atoms with Gasteiger partial charge in [-0.05, 0) is 41.8 Å². The van der Waals surface area contributed by atoms with E-state index in [0.29, 0.717) is 17.0 Å². The normalized spacial score (nSPS) is 21.2. The van der Waals surface area contributed by atoms with Gasteiger partial charge in [0.1, 0.15) is 0 Å². The third-order valence-electron chi connectivity index (χ3n) is 4.98. The smallest absolute Gasteiger partial charge is 0.244 e. The van der Waals surface area contributed by atoms with Gasteiger partial charge >= 0.3 is 0 Å². The van der Waals surface area contributed by atoms with Crippen LogP contribution in [0, 0.1) is 0 Å². The SMILES string of the molecule is O=S1(=O)c2ccccc2[C@@H](O)[C@@H](Cc2ccc(Cl)cc2)N1Cc1cccnc1. The quantitative estimate of drug-likeness (QED) is 0.708. The van der Waals surface area contributed by atoms with Gasteiger partial charge in [0.05, 0.1) is 17.0 Å². The van der Waals surface area contributed by atoms with E-state index in [4.69, 9.17) is 11.6 Å². The molecule has 1 aliphatic rings. The van der Waals surface area contributed by atoms with Crippen molar-refractivity contribution in [1.29, 1.82) is 0 Å². The number of aliphatic hydroxyl groups excluding tert-OH is 1. The number of sulfonamides is 1. The van der Waals surface area contributed by atoms with Crippen LogP contribution in [0.2, 0.25) is 5.02 Å². The molecule has 0 bridgehead atoms. The number of pyridine rings is 1. The third-order valence-corrected chi connectivity index (χ3v) is 7.17. The van der Waals surface area contributed by atoms with Crippen molar-refractivity contribution in [2.75, 3.05) is 0 Å². The number of rotatable bonds is 4. The molecular formula is C21H19ClN2O3S. The second-order valence-electron chi connectivity index (χ2n) is 6.79. The lowest BCUT2D eigenvalue weighted by Gasteiger charge is -2.39. The molecule has 3 aromatic rings. The minimum atomic E-state index is -3.77. The maximum atomic E-state index is 13.4. The van der Waals surface area contributed by atoms with E-state index in [0.717, 1.165) is 11.1 Å². The molecule has 0 radical (unpaired) electrons. The molecule has 1 N–H and O–H groups in total. The van der Waals surface area contributed by atoms with Gasteiger partial charge in [-0.25, -0.2) is 8.42 Å². The maximum absolute atomic E-state index is 13.4. The third kappa shape index (κ3) is 3.56. The van der Waals surface area contributed by atoms with Crippen molar-refractivity contribution < 1.29 is 13.5 Å². The van der Waals surface area contributed by atoms with Crippen molar-refractivity contribution in [3.63, 3.8) is 0 Å². The predicted molar refractivity (Wildman–Crippen MR) is 107 cm³/mol. The van der Waals surface area contributed by atoms with Crippen molar-refractivity contribution in [2.45, 2.75) is 30.0 Å². The van der Waals surface area contributed by atoms with Gasteiger partial charge in [-0.3, -0.25) is 4.98 Å². The van der Waals surface area contributed by atoms with E-state index in [2.05, 4.69) is 4.98 Å². The summed E-state index contributed by atoms with van der Waals surface area (Å²) >= 11 is 5.97. The van der Waals surface area contributed by atoms with Crippen LogP contribution in [0.1, 0.15) is 22.8 Å². The number of aliphatic hydroxyl groups is 1. The average molecular weight is 415 g/mol. The standard InChI is InChI=1S/C21H19ClN2O3S/c22-17-9-7-15(8-10-17)12-19-21(25)18-5-1-2-6-20(18)28(26,27)24(19)14-16-4-3-11-23-13-16/h1-11,13,19,21,25H,12,14H2/t19-,21-/m1/s1. The lowest BCUT2D eigenvalue weighted by Crippen LogP contribution is -2.48. The Hall–Kier alpha value is -2.25. The molecule has 0 aliphatic carbocycles. The Morgan fingerprint density at radius 3 is 2.46 bits per heavy atom.